The molecule has 3 aromatic heterocycles. The molecule has 2 fully saturated rings. The van der Waals surface area contributed by atoms with Crippen molar-refractivity contribution in [3.63, 3.8) is 0 Å². The third-order valence-corrected chi connectivity index (χ3v) is 6.17. The van der Waals surface area contributed by atoms with Gasteiger partial charge in [-0.2, -0.15) is 0 Å². The van der Waals surface area contributed by atoms with Crippen molar-refractivity contribution < 1.29 is 9.52 Å². The average Bonchev–Trinajstić information content (AvgIpc) is 3.40. The van der Waals surface area contributed by atoms with Gasteiger partial charge in [0, 0.05) is 29.8 Å². The first kappa shape index (κ1) is 19.0. The monoisotopic (exact) mass is 402 g/mol. The Balaban J connectivity index is 0.000000200. The van der Waals surface area contributed by atoms with Crippen molar-refractivity contribution >= 4 is 22.1 Å². The fourth-order valence-electron chi connectivity index (χ4n) is 4.23. The van der Waals surface area contributed by atoms with Crippen LogP contribution in [0.25, 0.3) is 33.4 Å². The van der Waals surface area contributed by atoms with Crippen LogP contribution >= 0.6 is 0 Å². The molecule has 154 valence electrons. The summed E-state index contributed by atoms with van der Waals surface area (Å²) in [6, 6.07) is 9.25. The molecule has 30 heavy (non-hydrogen) atoms. The van der Waals surface area contributed by atoms with Gasteiger partial charge in [0.15, 0.2) is 11.5 Å². The van der Waals surface area contributed by atoms with Gasteiger partial charge in [-0.15, -0.1) is 0 Å². The predicted octanol–water partition coefficient (Wildman–Crippen LogP) is 5.05. The molecule has 2 N–H and O–H groups in total. The largest absolute Gasteiger partial charge is 0.507 e. The van der Waals surface area contributed by atoms with Crippen molar-refractivity contribution in [2.45, 2.75) is 51.5 Å². The number of benzene rings is 1. The number of pyridine rings is 2. The van der Waals surface area contributed by atoms with E-state index >= 15 is 0 Å². The minimum Gasteiger partial charge on any atom is -0.507 e. The number of aromatic nitrogens is 3. The van der Waals surface area contributed by atoms with E-state index in [1.54, 1.807) is 19.2 Å². The lowest BCUT2D eigenvalue weighted by Crippen LogP contribution is -2.35. The predicted molar refractivity (Wildman–Crippen MR) is 117 cm³/mol. The van der Waals surface area contributed by atoms with Crippen LogP contribution in [0.4, 0.5) is 0 Å². The summed E-state index contributed by atoms with van der Waals surface area (Å²) in [5.74, 6) is 0.752. The maximum Gasteiger partial charge on any atom is 0.192 e. The van der Waals surface area contributed by atoms with E-state index in [9.17, 15) is 5.11 Å². The van der Waals surface area contributed by atoms with E-state index in [0.29, 0.717) is 39.4 Å². The van der Waals surface area contributed by atoms with Gasteiger partial charge in [-0.1, -0.05) is 6.42 Å². The molecule has 1 saturated carbocycles. The molecule has 0 radical (unpaired) electrons. The van der Waals surface area contributed by atoms with Gasteiger partial charge in [-0.3, -0.25) is 4.98 Å². The van der Waals surface area contributed by atoms with Crippen molar-refractivity contribution in [1.29, 1.82) is 0 Å². The van der Waals surface area contributed by atoms with Crippen LogP contribution in [0, 0.1) is 13.8 Å². The number of phenolic OH excluding ortho intramolecular Hbond substituents is 1. The van der Waals surface area contributed by atoms with Crippen molar-refractivity contribution in [2.24, 2.45) is 0 Å². The normalized spacial score (nSPS) is 17.1. The third-order valence-electron chi connectivity index (χ3n) is 6.17. The Hall–Kier alpha value is -2.99. The topological polar surface area (TPSA) is 84.1 Å². The summed E-state index contributed by atoms with van der Waals surface area (Å²) < 4.78 is 5.59. The second-order valence-electron chi connectivity index (χ2n) is 8.38. The van der Waals surface area contributed by atoms with Crippen LogP contribution in [0.15, 0.2) is 40.9 Å². The molecule has 4 aromatic rings. The molecule has 1 aliphatic heterocycles. The highest BCUT2D eigenvalue weighted by molar-refractivity contribution is 5.88. The van der Waals surface area contributed by atoms with Crippen LogP contribution in [-0.4, -0.2) is 32.1 Å². The molecule has 0 bridgehead atoms. The number of fused-ring (bicyclic) bond motifs is 2. The third kappa shape index (κ3) is 3.52. The molecule has 6 heteroatoms. The number of aryl methyl sites for hydroxylation is 2. The fourth-order valence-corrected chi connectivity index (χ4v) is 4.23. The number of oxazole rings is 1. The fraction of sp³-hybridized carbons (Fsp3) is 0.375. The molecule has 0 amide bonds. The summed E-state index contributed by atoms with van der Waals surface area (Å²) in [7, 11) is 0. The van der Waals surface area contributed by atoms with Gasteiger partial charge in [0.2, 0.25) is 0 Å². The molecule has 0 unspecified atom stereocenters. The van der Waals surface area contributed by atoms with Gasteiger partial charge >= 0.3 is 0 Å². The molecule has 1 aromatic carbocycles. The first-order valence-electron chi connectivity index (χ1n) is 10.6. The Bertz CT molecular complexity index is 1220. The smallest absolute Gasteiger partial charge is 0.192 e. The summed E-state index contributed by atoms with van der Waals surface area (Å²) in [4.78, 5) is 13.1. The number of phenols is 1. The summed E-state index contributed by atoms with van der Waals surface area (Å²) in [6.45, 7) is 4.89. The Morgan fingerprint density at radius 3 is 2.63 bits per heavy atom. The van der Waals surface area contributed by atoms with Crippen LogP contribution < -0.4 is 5.32 Å². The zero-order valence-corrected chi connectivity index (χ0v) is 17.4. The Kier molecular flexibility index (Phi) is 4.66. The molecule has 1 spiro atoms. The van der Waals surface area contributed by atoms with E-state index in [1.807, 2.05) is 31.2 Å². The van der Waals surface area contributed by atoms with Gasteiger partial charge in [0.25, 0.3) is 0 Å². The highest BCUT2D eigenvalue weighted by atomic mass is 16.3. The van der Waals surface area contributed by atoms with Gasteiger partial charge in [-0.25, -0.2) is 9.97 Å². The van der Waals surface area contributed by atoms with Crippen LogP contribution in [0.2, 0.25) is 0 Å². The Labute approximate surface area is 175 Å². The lowest BCUT2D eigenvalue weighted by molar-refractivity contribution is 0.385. The first-order valence-corrected chi connectivity index (χ1v) is 10.6. The van der Waals surface area contributed by atoms with Crippen LogP contribution in [0.3, 0.4) is 0 Å². The minimum absolute atomic E-state index is 0.177. The lowest BCUT2D eigenvalue weighted by Gasteiger charge is -2.22. The van der Waals surface area contributed by atoms with Gasteiger partial charge in [0.1, 0.15) is 11.3 Å². The maximum absolute atomic E-state index is 10.5. The molecule has 2 aliphatic rings. The Morgan fingerprint density at radius 1 is 1.03 bits per heavy atom. The van der Waals surface area contributed by atoms with Crippen LogP contribution in [0.5, 0.6) is 5.75 Å². The quantitative estimate of drug-likeness (QED) is 0.463. The number of nitrogens with one attached hydrogen (secondary N) is 1. The van der Waals surface area contributed by atoms with Gasteiger partial charge < -0.3 is 14.8 Å². The molecule has 4 heterocycles. The number of aromatic hydroxyl groups is 1. The second kappa shape index (κ2) is 7.36. The summed E-state index contributed by atoms with van der Waals surface area (Å²) in [6.07, 6.45) is 8.95. The molecule has 0 atom stereocenters. The van der Waals surface area contributed by atoms with Crippen molar-refractivity contribution in [3.8, 4) is 17.0 Å². The van der Waals surface area contributed by atoms with E-state index in [1.165, 1.54) is 38.6 Å². The second-order valence-corrected chi connectivity index (χ2v) is 8.38. The summed E-state index contributed by atoms with van der Waals surface area (Å²) in [5.41, 5.74) is 5.61. The molecule has 6 rings (SSSR count). The summed E-state index contributed by atoms with van der Waals surface area (Å²) >= 11 is 0. The molecule has 6 nitrogen and oxygen atoms in total. The van der Waals surface area contributed by atoms with E-state index in [-0.39, 0.29) is 5.75 Å². The number of rotatable bonds is 1. The van der Waals surface area contributed by atoms with E-state index < -0.39 is 0 Å². The zero-order valence-electron chi connectivity index (χ0n) is 17.4. The number of piperidine rings is 1. The average molecular weight is 402 g/mol. The minimum atomic E-state index is 0.177. The summed E-state index contributed by atoms with van der Waals surface area (Å²) in [5, 5.41) is 14.1. The van der Waals surface area contributed by atoms with Crippen LogP contribution in [-0.2, 0) is 0 Å². The van der Waals surface area contributed by atoms with Crippen molar-refractivity contribution in [1.82, 2.24) is 20.3 Å². The molecular formula is C24H26N4O2. The lowest BCUT2D eigenvalue weighted by atomic mass is 10.0. The highest BCUT2D eigenvalue weighted by Gasteiger charge is 2.42. The molecular weight excluding hydrogens is 376 g/mol. The van der Waals surface area contributed by atoms with Crippen molar-refractivity contribution in [3.05, 3.63) is 48.0 Å². The first-order chi connectivity index (χ1) is 14.5. The zero-order chi connectivity index (χ0) is 20.7. The number of hydrogen-bond acceptors (Lipinski definition) is 6. The van der Waals surface area contributed by atoms with Gasteiger partial charge in [0.05, 0.1) is 16.7 Å². The van der Waals surface area contributed by atoms with Crippen molar-refractivity contribution in [2.75, 3.05) is 6.54 Å². The number of nitrogens with zero attached hydrogens (tertiary/aromatic N) is 3. The van der Waals surface area contributed by atoms with Crippen LogP contribution in [0.1, 0.15) is 43.6 Å². The van der Waals surface area contributed by atoms with E-state index in [0.717, 1.165) is 11.0 Å². The number of hydrogen-bond donors (Lipinski definition) is 2. The van der Waals surface area contributed by atoms with Gasteiger partial charge in [-0.05, 0) is 69.5 Å². The van der Waals surface area contributed by atoms with E-state index in [2.05, 4.69) is 20.3 Å². The highest BCUT2D eigenvalue weighted by Crippen LogP contribution is 2.41. The Morgan fingerprint density at radius 2 is 1.90 bits per heavy atom. The standard InChI is InChI=1S/C17H13N3O2.C7H13N/c1-9-16-15(22-10(2)19-16)8-11(17(9)21)12-5-6-13-14(20-12)4-3-7-18-13;1-2-6-8-7(3-1)4-5-7/h3-8,21H,1-2H3;8H,1-6H2. The SMILES string of the molecule is C1CCC2(CC2)NC1.Cc1nc2c(C)c(O)c(-c3ccc4ncccc4n3)cc2o1. The molecule has 1 saturated heterocycles. The van der Waals surface area contributed by atoms with E-state index in [4.69, 9.17) is 4.42 Å². The molecule has 1 aliphatic carbocycles. The maximum atomic E-state index is 10.5.